The highest BCUT2D eigenvalue weighted by Gasteiger charge is 2.32. The first-order chi connectivity index (χ1) is 7.22. The molecule has 2 fully saturated rings. The molecule has 0 heterocycles. The largest absolute Gasteiger partial charge is 0.394 e. The van der Waals surface area contributed by atoms with E-state index in [1.54, 1.807) is 0 Å². The number of aliphatic hydroxyl groups excluding tert-OH is 1. The summed E-state index contributed by atoms with van der Waals surface area (Å²) in [5.74, 6) is 0. The molecular formula is C12H23NO2. The topological polar surface area (TPSA) is 41.5 Å². The first-order valence-electron chi connectivity index (χ1n) is 6.22. The predicted molar refractivity (Wildman–Crippen MR) is 59.9 cm³/mol. The Morgan fingerprint density at radius 2 is 2.07 bits per heavy atom. The van der Waals surface area contributed by atoms with Gasteiger partial charge in [-0.3, -0.25) is 0 Å². The van der Waals surface area contributed by atoms with Crippen LogP contribution in [0.2, 0.25) is 0 Å². The standard InChI is InChI=1S/C12H23NO2/c1-12(9-14,13-10-5-6-10)7-8-15-11-3-2-4-11/h10-11,13-14H,2-9H2,1H3. The minimum Gasteiger partial charge on any atom is -0.394 e. The molecule has 2 aliphatic carbocycles. The minimum absolute atomic E-state index is 0.134. The molecule has 0 radical (unpaired) electrons. The Morgan fingerprint density at radius 3 is 2.53 bits per heavy atom. The molecule has 0 aliphatic heterocycles. The van der Waals surface area contributed by atoms with Gasteiger partial charge in [0.2, 0.25) is 0 Å². The summed E-state index contributed by atoms with van der Waals surface area (Å²) in [4.78, 5) is 0. The predicted octanol–water partition coefficient (Wildman–Crippen LogP) is 1.45. The van der Waals surface area contributed by atoms with Gasteiger partial charge in [-0.2, -0.15) is 0 Å². The normalized spacial score (nSPS) is 26.0. The van der Waals surface area contributed by atoms with Crippen LogP contribution in [-0.4, -0.2) is 36.0 Å². The Labute approximate surface area is 92.2 Å². The summed E-state index contributed by atoms with van der Waals surface area (Å²) in [6.45, 7) is 3.08. The van der Waals surface area contributed by atoms with E-state index in [4.69, 9.17) is 4.74 Å². The number of hydrogen-bond acceptors (Lipinski definition) is 3. The third kappa shape index (κ3) is 3.44. The van der Waals surface area contributed by atoms with E-state index in [1.165, 1.54) is 32.1 Å². The maximum absolute atomic E-state index is 9.38. The monoisotopic (exact) mass is 213 g/mol. The number of rotatable bonds is 7. The van der Waals surface area contributed by atoms with E-state index < -0.39 is 0 Å². The number of hydrogen-bond donors (Lipinski definition) is 2. The van der Waals surface area contributed by atoms with Crippen molar-refractivity contribution in [3.05, 3.63) is 0 Å². The van der Waals surface area contributed by atoms with E-state index in [1.807, 2.05) is 0 Å². The molecule has 0 spiro atoms. The molecule has 1 unspecified atom stereocenters. The molecule has 3 heteroatoms. The van der Waals surface area contributed by atoms with Crippen molar-refractivity contribution in [2.75, 3.05) is 13.2 Å². The highest BCUT2D eigenvalue weighted by atomic mass is 16.5. The SMILES string of the molecule is CC(CO)(CCOC1CCC1)NC1CC1. The van der Waals surface area contributed by atoms with E-state index in [0.29, 0.717) is 12.1 Å². The Hall–Kier alpha value is -0.120. The van der Waals surface area contributed by atoms with E-state index >= 15 is 0 Å². The van der Waals surface area contributed by atoms with Gasteiger partial charge in [-0.25, -0.2) is 0 Å². The molecule has 0 aromatic carbocycles. The van der Waals surface area contributed by atoms with Crippen LogP contribution in [0.25, 0.3) is 0 Å². The smallest absolute Gasteiger partial charge is 0.0611 e. The summed E-state index contributed by atoms with van der Waals surface area (Å²) < 4.78 is 5.73. The molecule has 15 heavy (non-hydrogen) atoms. The van der Waals surface area contributed by atoms with Crippen LogP contribution < -0.4 is 5.32 Å². The van der Waals surface area contributed by atoms with Gasteiger partial charge in [-0.05, 0) is 45.4 Å². The van der Waals surface area contributed by atoms with Crippen LogP contribution >= 0.6 is 0 Å². The summed E-state index contributed by atoms with van der Waals surface area (Å²) in [7, 11) is 0. The third-order valence-corrected chi connectivity index (χ3v) is 3.54. The van der Waals surface area contributed by atoms with E-state index in [2.05, 4.69) is 12.2 Å². The number of ether oxygens (including phenoxy) is 1. The zero-order chi connectivity index (χ0) is 10.7. The van der Waals surface area contributed by atoms with Crippen molar-refractivity contribution in [1.82, 2.24) is 5.32 Å². The van der Waals surface area contributed by atoms with Gasteiger partial charge in [0.1, 0.15) is 0 Å². The molecular weight excluding hydrogens is 190 g/mol. The maximum Gasteiger partial charge on any atom is 0.0611 e. The fourth-order valence-corrected chi connectivity index (χ4v) is 1.91. The number of aliphatic hydroxyl groups is 1. The van der Waals surface area contributed by atoms with Crippen molar-refractivity contribution in [2.45, 2.75) is 63.1 Å². The van der Waals surface area contributed by atoms with Crippen LogP contribution in [0, 0.1) is 0 Å². The average Bonchev–Trinajstić information content (AvgIpc) is 2.93. The fraction of sp³-hybridized carbons (Fsp3) is 1.00. The van der Waals surface area contributed by atoms with Crippen molar-refractivity contribution < 1.29 is 9.84 Å². The molecule has 2 N–H and O–H groups in total. The Balaban J connectivity index is 1.63. The molecule has 0 amide bonds. The van der Waals surface area contributed by atoms with E-state index in [0.717, 1.165) is 13.0 Å². The molecule has 1 atom stereocenters. The van der Waals surface area contributed by atoms with Gasteiger partial charge in [0.25, 0.3) is 0 Å². The molecule has 0 aromatic heterocycles. The van der Waals surface area contributed by atoms with E-state index in [-0.39, 0.29) is 12.1 Å². The molecule has 88 valence electrons. The van der Waals surface area contributed by atoms with Gasteiger partial charge < -0.3 is 15.2 Å². The molecule has 2 aliphatic rings. The van der Waals surface area contributed by atoms with Crippen LogP contribution in [0.3, 0.4) is 0 Å². The second-order valence-electron chi connectivity index (χ2n) is 5.31. The van der Waals surface area contributed by atoms with E-state index in [9.17, 15) is 5.11 Å². The van der Waals surface area contributed by atoms with Crippen molar-refractivity contribution >= 4 is 0 Å². The highest BCUT2D eigenvalue weighted by molar-refractivity contribution is 4.92. The Bertz CT molecular complexity index is 202. The summed E-state index contributed by atoms with van der Waals surface area (Å²) in [6.07, 6.45) is 7.73. The lowest BCUT2D eigenvalue weighted by Crippen LogP contribution is -2.48. The van der Waals surface area contributed by atoms with Gasteiger partial charge >= 0.3 is 0 Å². The van der Waals surface area contributed by atoms with Crippen LogP contribution in [-0.2, 0) is 4.74 Å². The first kappa shape index (κ1) is 11.4. The van der Waals surface area contributed by atoms with Crippen molar-refractivity contribution in [2.24, 2.45) is 0 Å². The lowest BCUT2D eigenvalue weighted by atomic mass is 9.95. The molecule has 0 bridgehead atoms. The molecule has 3 nitrogen and oxygen atoms in total. The molecule has 2 saturated carbocycles. The molecule has 0 aromatic rings. The summed E-state index contributed by atoms with van der Waals surface area (Å²) in [5.41, 5.74) is -0.134. The van der Waals surface area contributed by atoms with Gasteiger partial charge in [-0.1, -0.05) is 0 Å². The second-order valence-corrected chi connectivity index (χ2v) is 5.31. The average molecular weight is 213 g/mol. The fourth-order valence-electron chi connectivity index (χ4n) is 1.91. The summed E-state index contributed by atoms with van der Waals surface area (Å²) in [6, 6.07) is 0.644. The Morgan fingerprint density at radius 1 is 1.33 bits per heavy atom. The highest BCUT2D eigenvalue weighted by Crippen LogP contribution is 2.25. The van der Waals surface area contributed by atoms with Gasteiger partial charge in [0, 0.05) is 18.2 Å². The van der Waals surface area contributed by atoms with Crippen molar-refractivity contribution in [3.8, 4) is 0 Å². The van der Waals surface area contributed by atoms with Crippen LogP contribution in [0.4, 0.5) is 0 Å². The minimum atomic E-state index is -0.134. The van der Waals surface area contributed by atoms with Crippen LogP contribution in [0.5, 0.6) is 0 Å². The Kier molecular flexibility index (Phi) is 3.65. The summed E-state index contributed by atoms with van der Waals surface area (Å²) in [5, 5.41) is 12.9. The third-order valence-electron chi connectivity index (χ3n) is 3.54. The first-order valence-corrected chi connectivity index (χ1v) is 6.22. The van der Waals surface area contributed by atoms with Gasteiger partial charge in [0.05, 0.1) is 12.7 Å². The zero-order valence-corrected chi connectivity index (χ0v) is 9.67. The summed E-state index contributed by atoms with van der Waals surface area (Å²) >= 11 is 0. The lowest BCUT2D eigenvalue weighted by Gasteiger charge is -2.31. The van der Waals surface area contributed by atoms with Crippen LogP contribution in [0.1, 0.15) is 45.4 Å². The van der Waals surface area contributed by atoms with Gasteiger partial charge in [0.15, 0.2) is 0 Å². The van der Waals surface area contributed by atoms with Crippen molar-refractivity contribution in [3.63, 3.8) is 0 Å². The molecule has 2 rings (SSSR count). The maximum atomic E-state index is 9.38. The quantitative estimate of drug-likeness (QED) is 0.672. The molecule has 0 saturated heterocycles. The lowest BCUT2D eigenvalue weighted by molar-refractivity contribution is -0.0113. The van der Waals surface area contributed by atoms with Gasteiger partial charge in [-0.15, -0.1) is 0 Å². The van der Waals surface area contributed by atoms with Crippen molar-refractivity contribution in [1.29, 1.82) is 0 Å². The van der Waals surface area contributed by atoms with Crippen LogP contribution in [0.15, 0.2) is 0 Å². The second kappa shape index (κ2) is 4.81. The number of nitrogens with one attached hydrogen (secondary N) is 1. The zero-order valence-electron chi connectivity index (χ0n) is 9.67.